The average molecular weight is 221 g/mol. The van der Waals surface area contributed by atoms with E-state index in [9.17, 15) is 4.79 Å². The molecule has 0 saturated heterocycles. The predicted octanol–water partition coefficient (Wildman–Crippen LogP) is 2.39. The Morgan fingerprint density at radius 2 is 2.06 bits per heavy atom. The highest BCUT2D eigenvalue weighted by molar-refractivity contribution is 5.96. The highest BCUT2D eigenvalue weighted by Gasteiger charge is 2.09. The van der Waals surface area contributed by atoms with Gasteiger partial charge >= 0.3 is 0 Å². The van der Waals surface area contributed by atoms with E-state index >= 15 is 0 Å². The smallest absolute Gasteiger partial charge is 0.164 e. The Balaban J connectivity index is 2.77. The lowest BCUT2D eigenvalue weighted by molar-refractivity contribution is 0.0976. The molecule has 0 fully saturated rings. The van der Waals surface area contributed by atoms with Crippen LogP contribution in [-0.2, 0) is 0 Å². The summed E-state index contributed by atoms with van der Waals surface area (Å²) in [5, 5.41) is 0. The summed E-state index contributed by atoms with van der Waals surface area (Å²) in [6.07, 6.45) is 0.476. The molecule has 0 heterocycles. The van der Waals surface area contributed by atoms with Crippen molar-refractivity contribution in [2.24, 2.45) is 5.73 Å². The second-order valence-electron chi connectivity index (χ2n) is 4.30. The molecule has 1 rings (SSSR count). The van der Waals surface area contributed by atoms with E-state index in [0.717, 1.165) is 5.75 Å². The first kappa shape index (κ1) is 12.7. The van der Waals surface area contributed by atoms with Gasteiger partial charge in [0.1, 0.15) is 5.75 Å². The van der Waals surface area contributed by atoms with Crippen molar-refractivity contribution in [2.45, 2.75) is 39.3 Å². The molecule has 0 aliphatic rings. The molecule has 0 aliphatic carbocycles. The van der Waals surface area contributed by atoms with Crippen molar-refractivity contribution in [1.29, 1.82) is 0 Å². The number of carbonyl (C=O) groups is 1. The van der Waals surface area contributed by atoms with Gasteiger partial charge < -0.3 is 10.5 Å². The summed E-state index contributed by atoms with van der Waals surface area (Å²) < 4.78 is 5.53. The van der Waals surface area contributed by atoms with Crippen molar-refractivity contribution in [1.82, 2.24) is 0 Å². The van der Waals surface area contributed by atoms with Gasteiger partial charge in [0.25, 0.3) is 0 Å². The molecule has 1 atom stereocenters. The van der Waals surface area contributed by atoms with Gasteiger partial charge in [0, 0.05) is 18.0 Å². The van der Waals surface area contributed by atoms with E-state index in [1.807, 2.05) is 32.9 Å². The molecule has 16 heavy (non-hydrogen) atoms. The van der Waals surface area contributed by atoms with Crippen LogP contribution >= 0.6 is 0 Å². The number of ether oxygens (including phenoxy) is 1. The Labute approximate surface area is 96.6 Å². The fourth-order valence-electron chi connectivity index (χ4n) is 1.43. The number of ketones is 1. The van der Waals surface area contributed by atoms with Gasteiger partial charge in [-0.05, 0) is 32.9 Å². The standard InChI is InChI=1S/C13H19NO2/c1-9(2)16-12-6-4-5-11(8-12)13(15)7-10(3)14/h4-6,8-10H,7,14H2,1-3H3. The average Bonchev–Trinajstić information content (AvgIpc) is 2.16. The Hall–Kier alpha value is -1.35. The third-order valence-corrected chi connectivity index (χ3v) is 2.04. The van der Waals surface area contributed by atoms with Crippen molar-refractivity contribution in [2.75, 3.05) is 0 Å². The molecule has 3 heteroatoms. The number of benzene rings is 1. The van der Waals surface area contributed by atoms with E-state index in [0.29, 0.717) is 12.0 Å². The molecule has 3 nitrogen and oxygen atoms in total. The third-order valence-electron chi connectivity index (χ3n) is 2.04. The van der Waals surface area contributed by atoms with Gasteiger partial charge in [-0.3, -0.25) is 4.79 Å². The van der Waals surface area contributed by atoms with E-state index in [1.54, 1.807) is 12.1 Å². The number of Topliss-reactive ketones (excluding diaryl/α,β-unsaturated/α-hetero) is 1. The van der Waals surface area contributed by atoms with Gasteiger partial charge in [0.05, 0.1) is 6.10 Å². The second kappa shape index (κ2) is 5.66. The predicted molar refractivity (Wildman–Crippen MR) is 64.8 cm³/mol. The summed E-state index contributed by atoms with van der Waals surface area (Å²) in [4.78, 5) is 11.8. The zero-order chi connectivity index (χ0) is 12.1. The summed E-state index contributed by atoms with van der Waals surface area (Å²) in [7, 11) is 0. The molecule has 1 aromatic carbocycles. The van der Waals surface area contributed by atoms with Crippen LogP contribution in [-0.4, -0.2) is 17.9 Å². The summed E-state index contributed by atoms with van der Waals surface area (Å²) >= 11 is 0. The zero-order valence-corrected chi connectivity index (χ0v) is 10.1. The topological polar surface area (TPSA) is 52.3 Å². The molecule has 1 unspecified atom stereocenters. The Kier molecular flexibility index (Phi) is 4.50. The highest BCUT2D eigenvalue weighted by atomic mass is 16.5. The van der Waals surface area contributed by atoms with Gasteiger partial charge in [-0.1, -0.05) is 12.1 Å². The lowest BCUT2D eigenvalue weighted by Crippen LogP contribution is -2.19. The lowest BCUT2D eigenvalue weighted by atomic mass is 10.0. The highest BCUT2D eigenvalue weighted by Crippen LogP contribution is 2.16. The molecule has 88 valence electrons. The molecular weight excluding hydrogens is 202 g/mol. The van der Waals surface area contributed by atoms with E-state index in [4.69, 9.17) is 10.5 Å². The monoisotopic (exact) mass is 221 g/mol. The third kappa shape index (κ3) is 4.03. The van der Waals surface area contributed by atoms with Crippen molar-refractivity contribution in [3.8, 4) is 5.75 Å². The molecule has 0 aromatic heterocycles. The normalized spacial score (nSPS) is 12.6. The maximum absolute atomic E-state index is 11.8. The van der Waals surface area contributed by atoms with Crippen LogP contribution in [0.25, 0.3) is 0 Å². The van der Waals surface area contributed by atoms with E-state index in [1.165, 1.54) is 0 Å². The number of hydrogen-bond donors (Lipinski definition) is 1. The van der Waals surface area contributed by atoms with Gasteiger partial charge in [0.15, 0.2) is 5.78 Å². The maximum atomic E-state index is 11.8. The Morgan fingerprint density at radius 3 is 2.62 bits per heavy atom. The van der Waals surface area contributed by atoms with E-state index in [-0.39, 0.29) is 17.9 Å². The fraction of sp³-hybridized carbons (Fsp3) is 0.462. The van der Waals surface area contributed by atoms with Crippen molar-refractivity contribution < 1.29 is 9.53 Å². The van der Waals surface area contributed by atoms with Crippen LogP contribution in [0.2, 0.25) is 0 Å². The molecule has 2 N–H and O–H groups in total. The molecule has 0 bridgehead atoms. The number of nitrogens with two attached hydrogens (primary N) is 1. The Morgan fingerprint density at radius 1 is 1.38 bits per heavy atom. The zero-order valence-electron chi connectivity index (χ0n) is 10.1. The summed E-state index contributed by atoms with van der Waals surface area (Å²) in [5.74, 6) is 0.787. The van der Waals surface area contributed by atoms with Gasteiger partial charge in [-0.2, -0.15) is 0 Å². The first-order valence-electron chi connectivity index (χ1n) is 5.54. The first-order chi connectivity index (χ1) is 7.49. The SMILES string of the molecule is CC(N)CC(=O)c1cccc(OC(C)C)c1. The minimum Gasteiger partial charge on any atom is -0.491 e. The van der Waals surface area contributed by atoms with Crippen molar-refractivity contribution >= 4 is 5.78 Å². The minimum absolute atomic E-state index is 0.0595. The van der Waals surface area contributed by atoms with Gasteiger partial charge in [-0.25, -0.2) is 0 Å². The van der Waals surface area contributed by atoms with Crippen LogP contribution in [0.1, 0.15) is 37.6 Å². The number of hydrogen-bond acceptors (Lipinski definition) is 3. The molecule has 0 spiro atoms. The van der Waals surface area contributed by atoms with Crippen molar-refractivity contribution in [3.63, 3.8) is 0 Å². The minimum atomic E-state index is -0.109. The van der Waals surface area contributed by atoms with Crippen molar-refractivity contribution in [3.05, 3.63) is 29.8 Å². The quantitative estimate of drug-likeness (QED) is 0.777. The number of rotatable bonds is 5. The summed E-state index contributed by atoms with van der Waals surface area (Å²) in [6, 6.07) is 7.12. The van der Waals surface area contributed by atoms with E-state index in [2.05, 4.69) is 0 Å². The molecule has 0 radical (unpaired) electrons. The van der Waals surface area contributed by atoms with Gasteiger partial charge in [0.2, 0.25) is 0 Å². The summed E-state index contributed by atoms with van der Waals surface area (Å²) in [6.45, 7) is 5.74. The van der Waals surface area contributed by atoms with Crippen LogP contribution in [0.5, 0.6) is 5.75 Å². The number of carbonyl (C=O) groups excluding carboxylic acids is 1. The van der Waals surface area contributed by atoms with Gasteiger partial charge in [-0.15, -0.1) is 0 Å². The van der Waals surface area contributed by atoms with E-state index < -0.39 is 0 Å². The van der Waals surface area contributed by atoms with Crippen LogP contribution in [0.15, 0.2) is 24.3 Å². The molecule has 0 amide bonds. The van der Waals surface area contributed by atoms with Crippen LogP contribution in [0.3, 0.4) is 0 Å². The molecular formula is C13H19NO2. The molecule has 1 aromatic rings. The second-order valence-corrected chi connectivity index (χ2v) is 4.30. The summed E-state index contributed by atoms with van der Waals surface area (Å²) in [5.41, 5.74) is 6.26. The van der Waals surface area contributed by atoms with Crippen LogP contribution in [0, 0.1) is 0 Å². The van der Waals surface area contributed by atoms with Crippen LogP contribution in [0.4, 0.5) is 0 Å². The molecule has 0 saturated carbocycles. The largest absolute Gasteiger partial charge is 0.491 e. The molecule has 0 aliphatic heterocycles. The van der Waals surface area contributed by atoms with Crippen LogP contribution < -0.4 is 10.5 Å². The fourth-order valence-corrected chi connectivity index (χ4v) is 1.43. The Bertz CT molecular complexity index is 359. The maximum Gasteiger partial charge on any atom is 0.164 e. The lowest BCUT2D eigenvalue weighted by Gasteiger charge is -2.11. The first-order valence-corrected chi connectivity index (χ1v) is 5.54.